The predicted octanol–water partition coefficient (Wildman–Crippen LogP) is 2.80. The summed E-state index contributed by atoms with van der Waals surface area (Å²) in [6.45, 7) is 4.52. The van der Waals surface area contributed by atoms with Gasteiger partial charge in [-0.1, -0.05) is 13.8 Å². The third kappa shape index (κ3) is 5.31. The number of carbonyl (C=O) groups is 1. The van der Waals surface area contributed by atoms with Crippen molar-refractivity contribution in [2.45, 2.75) is 52.3 Å². The van der Waals surface area contributed by atoms with Gasteiger partial charge in [-0.05, 0) is 38.0 Å². The van der Waals surface area contributed by atoms with E-state index in [1.807, 2.05) is 13.8 Å². The molecule has 0 aromatic carbocycles. The number of halogens is 3. The molecule has 0 heterocycles. The van der Waals surface area contributed by atoms with Crippen molar-refractivity contribution in [1.29, 1.82) is 0 Å². The van der Waals surface area contributed by atoms with E-state index < -0.39 is 24.5 Å². The summed E-state index contributed by atoms with van der Waals surface area (Å²) in [5, 5.41) is 0. The Balaban J connectivity index is 2.81. The minimum absolute atomic E-state index is 0.1000. The van der Waals surface area contributed by atoms with E-state index in [0.29, 0.717) is 6.42 Å². The van der Waals surface area contributed by atoms with E-state index in [9.17, 15) is 18.0 Å². The van der Waals surface area contributed by atoms with Crippen LogP contribution in [0.1, 0.15) is 40.0 Å². The molecule has 0 aliphatic heterocycles. The largest absolute Gasteiger partial charge is 0.406 e. The molecule has 1 fully saturated rings. The smallest absolute Gasteiger partial charge is 0.330 e. The molecule has 0 saturated heterocycles. The van der Waals surface area contributed by atoms with Gasteiger partial charge in [0.05, 0.1) is 5.92 Å². The molecule has 0 aromatic rings. The Morgan fingerprint density at radius 3 is 2.20 bits per heavy atom. The summed E-state index contributed by atoms with van der Waals surface area (Å²) in [5.41, 5.74) is 5.59. The summed E-state index contributed by atoms with van der Waals surface area (Å²) in [6.07, 6.45) is -2.03. The average molecular weight is 294 g/mol. The van der Waals surface area contributed by atoms with Crippen LogP contribution < -0.4 is 5.73 Å². The first-order chi connectivity index (χ1) is 9.15. The van der Waals surface area contributed by atoms with Crippen LogP contribution >= 0.6 is 0 Å². The number of rotatable bonds is 7. The van der Waals surface area contributed by atoms with Crippen LogP contribution in [0.3, 0.4) is 0 Å². The van der Waals surface area contributed by atoms with Gasteiger partial charge in [-0.15, -0.1) is 0 Å². The highest BCUT2D eigenvalue weighted by Gasteiger charge is 2.41. The normalized spacial score (nSPS) is 19.0. The van der Waals surface area contributed by atoms with Crippen molar-refractivity contribution in [3.63, 3.8) is 0 Å². The first kappa shape index (κ1) is 17.3. The zero-order chi connectivity index (χ0) is 15.5. The summed E-state index contributed by atoms with van der Waals surface area (Å²) in [4.78, 5) is 13.4. The molecule has 6 heteroatoms. The summed E-state index contributed by atoms with van der Waals surface area (Å²) < 4.78 is 38.1. The molecule has 0 aromatic heterocycles. The maximum atomic E-state index is 12.7. The molecule has 1 aliphatic carbocycles. The van der Waals surface area contributed by atoms with Crippen molar-refractivity contribution in [3.8, 4) is 0 Å². The van der Waals surface area contributed by atoms with Crippen molar-refractivity contribution in [3.05, 3.63) is 0 Å². The lowest BCUT2D eigenvalue weighted by atomic mass is 9.95. The molecule has 1 amide bonds. The van der Waals surface area contributed by atoms with Crippen LogP contribution in [0.15, 0.2) is 0 Å². The Labute approximate surface area is 118 Å². The van der Waals surface area contributed by atoms with Gasteiger partial charge in [-0.2, -0.15) is 13.2 Å². The Kier molecular flexibility index (Phi) is 5.86. The standard InChI is InChI=1S/C14H25F3N2O/c1-9(2)6-12(7-18)13(20)19(8-14(15,16)17)10(3)11-4-5-11/h9-12H,4-8,18H2,1-3H3. The van der Waals surface area contributed by atoms with Gasteiger partial charge in [0.25, 0.3) is 0 Å². The van der Waals surface area contributed by atoms with E-state index in [4.69, 9.17) is 5.73 Å². The highest BCUT2D eigenvalue weighted by Crippen LogP contribution is 2.37. The van der Waals surface area contributed by atoms with Crippen LogP contribution in [0.5, 0.6) is 0 Å². The molecule has 0 spiro atoms. The topological polar surface area (TPSA) is 46.3 Å². The van der Waals surface area contributed by atoms with Gasteiger partial charge in [0, 0.05) is 12.6 Å². The van der Waals surface area contributed by atoms with E-state index >= 15 is 0 Å². The Morgan fingerprint density at radius 1 is 1.30 bits per heavy atom. The highest BCUT2D eigenvalue weighted by molar-refractivity contribution is 5.79. The third-order valence-electron chi connectivity index (χ3n) is 3.82. The van der Waals surface area contributed by atoms with Crippen molar-refractivity contribution in [2.75, 3.05) is 13.1 Å². The maximum absolute atomic E-state index is 12.7. The molecule has 2 N–H and O–H groups in total. The van der Waals surface area contributed by atoms with Crippen LogP contribution in [-0.2, 0) is 4.79 Å². The number of hydrogen-bond acceptors (Lipinski definition) is 2. The van der Waals surface area contributed by atoms with E-state index in [1.165, 1.54) is 0 Å². The molecule has 2 atom stereocenters. The van der Waals surface area contributed by atoms with Gasteiger partial charge in [-0.25, -0.2) is 0 Å². The van der Waals surface area contributed by atoms with Crippen LogP contribution in [0.25, 0.3) is 0 Å². The highest BCUT2D eigenvalue weighted by atomic mass is 19.4. The zero-order valence-electron chi connectivity index (χ0n) is 12.4. The van der Waals surface area contributed by atoms with E-state index in [-0.39, 0.29) is 24.4 Å². The molecule has 0 radical (unpaired) electrons. The number of hydrogen-bond donors (Lipinski definition) is 1. The summed E-state index contributed by atoms with van der Waals surface area (Å²) in [6, 6.07) is -0.356. The molecule has 2 unspecified atom stereocenters. The molecule has 0 bridgehead atoms. The second kappa shape index (κ2) is 6.78. The fourth-order valence-corrected chi connectivity index (χ4v) is 2.55. The average Bonchev–Trinajstić information content (AvgIpc) is 3.14. The van der Waals surface area contributed by atoms with Gasteiger partial charge < -0.3 is 10.6 Å². The summed E-state index contributed by atoms with van der Waals surface area (Å²) >= 11 is 0. The quantitative estimate of drug-likeness (QED) is 0.785. The number of carbonyl (C=O) groups excluding carboxylic acids is 1. The first-order valence-electron chi connectivity index (χ1n) is 7.23. The number of nitrogens with zero attached hydrogens (tertiary/aromatic N) is 1. The third-order valence-corrected chi connectivity index (χ3v) is 3.82. The molecule has 20 heavy (non-hydrogen) atoms. The maximum Gasteiger partial charge on any atom is 0.406 e. The van der Waals surface area contributed by atoms with E-state index in [1.54, 1.807) is 6.92 Å². The predicted molar refractivity (Wildman–Crippen MR) is 72.0 cm³/mol. The van der Waals surface area contributed by atoms with Gasteiger partial charge in [-0.3, -0.25) is 4.79 Å². The Bertz CT molecular complexity index is 327. The van der Waals surface area contributed by atoms with Crippen LogP contribution in [0, 0.1) is 17.8 Å². The van der Waals surface area contributed by atoms with Crippen LogP contribution in [-0.4, -0.2) is 36.1 Å². The first-order valence-corrected chi connectivity index (χ1v) is 7.23. The fraction of sp³-hybridized carbons (Fsp3) is 0.929. The zero-order valence-corrected chi connectivity index (χ0v) is 12.4. The van der Waals surface area contributed by atoms with Gasteiger partial charge in [0.1, 0.15) is 6.54 Å². The second-order valence-electron chi connectivity index (χ2n) is 6.22. The lowest BCUT2D eigenvalue weighted by Crippen LogP contribution is -2.49. The SMILES string of the molecule is CC(C)CC(CN)C(=O)N(CC(F)(F)F)C(C)C1CC1. The molecule has 1 saturated carbocycles. The van der Waals surface area contributed by atoms with Crippen LogP contribution in [0.2, 0.25) is 0 Å². The molecule has 1 aliphatic rings. The van der Waals surface area contributed by atoms with Crippen molar-refractivity contribution >= 4 is 5.91 Å². The number of nitrogens with two attached hydrogens (primary N) is 1. The molecule has 118 valence electrons. The second-order valence-corrected chi connectivity index (χ2v) is 6.22. The van der Waals surface area contributed by atoms with Crippen molar-refractivity contribution in [2.24, 2.45) is 23.5 Å². The summed E-state index contributed by atoms with van der Waals surface area (Å²) in [7, 11) is 0. The Morgan fingerprint density at radius 2 is 1.85 bits per heavy atom. The molecule has 1 rings (SSSR count). The minimum atomic E-state index is -4.37. The van der Waals surface area contributed by atoms with Crippen LogP contribution in [0.4, 0.5) is 13.2 Å². The number of amides is 1. The van der Waals surface area contributed by atoms with Crippen molar-refractivity contribution in [1.82, 2.24) is 4.90 Å². The van der Waals surface area contributed by atoms with E-state index in [0.717, 1.165) is 17.7 Å². The monoisotopic (exact) mass is 294 g/mol. The van der Waals surface area contributed by atoms with Crippen molar-refractivity contribution < 1.29 is 18.0 Å². The molecule has 3 nitrogen and oxygen atoms in total. The molecular formula is C14H25F3N2O. The minimum Gasteiger partial charge on any atom is -0.330 e. The Hall–Kier alpha value is -0.780. The van der Waals surface area contributed by atoms with Gasteiger partial charge in [0.2, 0.25) is 5.91 Å². The van der Waals surface area contributed by atoms with E-state index in [2.05, 4.69) is 0 Å². The van der Waals surface area contributed by atoms with Gasteiger partial charge in [0.15, 0.2) is 0 Å². The lowest BCUT2D eigenvalue weighted by molar-refractivity contribution is -0.168. The molecular weight excluding hydrogens is 269 g/mol. The fourth-order valence-electron chi connectivity index (χ4n) is 2.55. The van der Waals surface area contributed by atoms with Gasteiger partial charge >= 0.3 is 6.18 Å². The summed E-state index contributed by atoms with van der Waals surface area (Å²) in [5.74, 6) is -0.522. The number of alkyl halides is 3. The lowest BCUT2D eigenvalue weighted by Gasteiger charge is -2.33.